The number of hydrogen-bond acceptors (Lipinski definition) is 2. The first-order valence-corrected chi connectivity index (χ1v) is 6.98. The number of benzene rings is 1. The van der Waals surface area contributed by atoms with Crippen LogP contribution in [0.4, 0.5) is 0 Å². The molecule has 0 saturated carbocycles. The van der Waals surface area contributed by atoms with Gasteiger partial charge in [-0.25, -0.2) is 0 Å². The van der Waals surface area contributed by atoms with Crippen LogP contribution in [-0.2, 0) is 9.47 Å². The lowest BCUT2D eigenvalue weighted by atomic mass is 9.90. The van der Waals surface area contributed by atoms with E-state index in [4.69, 9.17) is 9.47 Å². The van der Waals surface area contributed by atoms with Crippen LogP contribution in [0.15, 0.2) is 48.8 Å². The van der Waals surface area contributed by atoms with Crippen molar-refractivity contribution in [1.82, 2.24) is 4.57 Å². The summed E-state index contributed by atoms with van der Waals surface area (Å²) in [5.41, 5.74) is 1.58. The van der Waals surface area contributed by atoms with Gasteiger partial charge in [0.05, 0.1) is 11.2 Å². The maximum absolute atomic E-state index is 6.06. The molecule has 0 atom stereocenters. The average molecular weight is 271 g/mol. The molecule has 0 aliphatic carbocycles. The number of ether oxygens (including phenoxy) is 2. The van der Waals surface area contributed by atoms with Gasteiger partial charge in [-0.15, -0.1) is 0 Å². The van der Waals surface area contributed by atoms with Crippen LogP contribution in [-0.4, -0.2) is 15.8 Å². The second-order valence-corrected chi connectivity index (χ2v) is 6.28. The molecule has 20 heavy (non-hydrogen) atoms. The molecule has 1 aromatic heterocycles. The summed E-state index contributed by atoms with van der Waals surface area (Å²) in [6.07, 6.45) is 3.80. The van der Waals surface area contributed by atoms with Gasteiger partial charge in [0, 0.05) is 23.6 Å². The first kappa shape index (κ1) is 13.4. The molecule has 3 heteroatoms. The molecule has 1 aliphatic heterocycles. The fourth-order valence-electron chi connectivity index (χ4n) is 2.29. The summed E-state index contributed by atoms with van der Waals surface area (Å²) in [6.45, 7) is 8.28. The monoisotopic (exact) mass is 271 g/mol. The van der Waals surface area contributed by atoms with Crippen LogP contribution in [0, 0.1) is 0 Å². The Hall–Kier alpha value is -1.58. The van der Waals surface area contributed by atoms with Crippen molar-refractivity contribution in [3.05, 3.63) is 54.4 Å². The lowest BCUT2D eigenvalue weighted by molar-refractivity contribution is -0.0895. The van der Waals surface area contributed by atoms with Crippen molar-refractivity contribution in [2.75, 3.05) is 0 Å². The highest BCUT2D eigenvalue weighted by molar-refractivity contribution is 5.33. The highest BCUT2D eigenvalue weighted by Crippen LogP contribution is 2.44. The van der Waals surface area contributed by atoms with E-state index in [0.717, 1.165) is 11.3 Å². The molecule has 0 amide bonds. The Balaban J connectivity index is 1.86. The Bertz CT molecular complexity index is 582. The molecule has 0 radical (unpaired) electrons. The molecule has 1 aliphatic rings. The van der Waals surface area contributed by atoms with Crippen molar-refractivity contribution >= 4 is 0 Å². The molecule has 0 spiro atoms. The zero-order chi connectivity index (χ0) is 14.4. The van der Waals surface area contributed by atoms with E-state index in [9.17, 15) is 0 Å². The van der Waals surface area contributed by atoms with Gasteiger partial charge in [0.1, 0.15) is 0 Å². The highest BCUT2D eigenvalue weighted by Gasteiger charge is 2.49. The molecular weight excluding hydrogens is 250 g/mol. The largest absolute Gasteiger partial charge is 0.339 e. The van der Waals surface area contributed by atoms with Crippen LogP contribution in [0.25, 0.3) is 5.69 Å². The van der Waals surface area contributed by atoms with E-state index in [1.54, 1.807) is 0 Å². The first-order valence-electron chi connectivity index (χ1n) is 6.98. The van der Waals surface area contributed by atoms with Gasteiger partial charge in [0.25, 0.3) is 0 Å². The van der Waals surface area contributed by atoms with E-state index in [-0.39, 0.29) is 17.5 Å². The van der Waals surface area contributed by atoms with Gasteiger partial charge >= 0.3 is 0 Å². The van der Waals surface area contributed by atoms with Crippen molar-refractivity contribution in [3.63, 3.8) is 0 Å². The minimum absolute atomic E-state index is 0.299. The van der Waals surface area contributed by atoms with E-state index in [0.29, 0.717) is 0 Å². The molecule has 1 aromatic carbocycles. The maximum Gasteiger partial charge on any atom is 0.186 e. The number of nitrogens with zero attached hydrogens (tertiary/aromatic N) is 1. The van der Waals surface area contributed by atoms with Gasteiger partial charge in [0.2, 0.25) is 0 Å². The van der Waals surface area contributed by atoms with E-state index < -0.39 is 0 Å². The summed E-state index contributed by atoms with van der Waals surface area (Å²) in [6, 6.07) is 12.3. The molecule has 106 valence electrons. The summed E-state index contributed by atoms with van der Waals surface area (Å²) in [5.74, 6) is 0. The highest BCUT2D eigenvalue weighted by atomic mass is 16.7. The minimum Gasteiger partial charge on any atom is -0.339 e. The topological polar surface area (TPSA) is 23.4 Å². The predicted octanol–water partition coefficient (Wildman–Crippen LogP) is 4.08. The van der Waals surface area contributed by atoms with E-state index in [1.807, 2.05) is 24.4 Å². The fraction of sp³-hybridized carbons (Fsp3) is 0.412. The number of rotatable bonds is 2. The third kappa shape index (κ3) is 2.17. The van der Waals surface area contributed by atoms with Crippen LogP contribution in [0.5, 0.6) is 0 Å². The smallest absolute Gasteiger partial charge is 0.186 e. The average Bonchev–Trinajstić information content (AvgIpc) is 2.94. The molecule has 1 fully saturated rings. The summed E-state index contributed by atoms with van der Waals surface area (Å²) in [4.78, 5) is 0. The van der Waals surface area contributed by atoms with Gasteiger partial charge in [-0.1, -0.05) is 18.2 Å². The van der Waals surface area contributed by atoms with Crippen LogP contribution < -0.4 is 0 Å². The van der Waals surface area contributed by atoms with E-state index in [2.05, 4.69) is 56.7 Å². The molecule has 0 N–H and O–H groups in total. The van der Waals surface area contributed by atoms with Crippen molar-refractivity contribution in [3.8, 4) is 5.69 Å². The molecule has 2 aromatic rings. The molecule has 1 saturated heterocycles. The molecule has 0 unspecified atom stereocenters. The number of para-hydroxylation sites is 1. The normalized spacial score (nSPS) is 21.2. The zero-order valence-electron chi connectivity index (χ0n) is 12.5. The van der Waals surface area contributed by atoms with Gasteiger partial charge < -0.3 is 14.0 Å². The molecular formula is C17H21NO2. The van der Waals surface area contributed by atoms with Crippen LogP contribution in [0.2, 0.25) is 0 Å². The third-order valence-corrected chi connectivity index (χ3v) is 4.30. The minimum atomic E-state index is -0.301. The number of aromatic nitrogens is 1. The summed E-state index contributed by atoms with van der Waals surface area (Å²) >= 11 is 0. The van der Waals surface area contributed by atoms with Crippen molar-refractivity contribution in [2.45, 2.75) is 45.2 Å². The van der Waals surface area contributed by atoms with Gasteiger partial charge in [-0.2, -0.15) is 0 Å². The zero-order valence-corrected chi connectivity index (χ0v) is 12.5. The first-order chi connectivity index (χ1) is 9.39. The van der Waals surface area contributed by atoms with Crippen LogP contribution in [0.1, 0.15) is 39.5 Å². The van der Waals surface area contributed by atoms with Gasteiger partial charge in [-0.3, -0.25) is 0 Å². The standard InChI is InChI=1S/C17H21NO2/c1-16(2)17(3,4)20-15(19-16)13-10-11-18(12-13)14-8-6-5-7-9-14/h5-12,15H,1-4H3. The lowest BCUT2D eigenvalue weighted by Crippen LogP contribution is -2.41. The van der Waals surface area contributed by atoms with E-state index >= 15 is 0 Å². The van der Waals surface area contributed by atoms with Gasteiger partial charge in [0.15, 0.2) is 6.29 Å². The van der Waals surface area contributed by atoms with Crippen LogP contribution >= 0.6 is 0 Å². The maximum atomic E-state index is 6.06. The van der Waals surface area contributed by atoms with Gasteiger partial charge in [-0.05, 0) is 45.9 Å². The predicted molar refractivity (Wildman–Crippen MR) is 78.8 cm³/mol. The molecule has 2 heterocycles. The molecule has 0 bridgehead atoms. The fourth-order valence-corrected chi connectivity index (χ4v) is 2.29. The summed E-state index contributed by atoms with van der Waals surface area (Å²) < 4.78 is 14.2. The Morgan fingerprint density at radius 2 is 1.50 bits per heavy atom. The van der Waals surface area contributed by atoms with Crippen molar-refractivity contribution in [2.24, 2.45) is 0 Å². The Morgan fingerprint density at radius 1 is 0.900 bits per heavy atom. The molecule has 3 rings (SSSR count). The Morgan fingerprint density at radius 3 is 2.10 bits per heavy atom. The van der Waals surface area contributed by atoms with Crippen LogP contribution in [0.3, 0.4) is 0 Å². The summed E-state index contributed by atoms with van der Waals surface area (Å²) in [7, 11) is 0. The van der Waals surface area contributed by atoms with E-state index in [1.165, 1.54) is 0 Å². The second kappa shape index (κ2) is 4.47. The third-order valence-electron chi connectivity index (χ3n) is 4.30. The SMILES string of the molecule is CC1(C)OC(c2ccn(-c3ccccc3)c2)OC1(C)C. The number of hydrogen-bond donors (Lipinski definition) is 0. The lowest BCUT2D eigenvalue weighted by Gasteiger charge is -2.30. The molecule has 3 nitrogen and oxygen atoms in total. The Kier molecular flexibility index (Phi) is 3.00. The van der Waals surface area contributed by atoms with Crippen molar-refractivity contribution < 1.29 is 9.47 Å². The quantitative estimate of drug-likeness (QED) is 0.821. The van der Waals surface area contributed by atoms with Crippen molar-refractivity contribution in [1.29, 1.82) is 0 Å². The second-order valence-electron chi connectivity index (χ2n) is 6.28. The summed E-state index contributed by atoms with van der Waals surface area (Å²) in [5, 5.41) is 0. The Labute approximate surface area is 120 Å².